The number of rotatable bonds is 8. The molecule has 0 fully saturated rings. The van der Waals surface area contributed by atoms with Crippen LogP contribution in [0.1, 0.15) is 16.7 Å². The largest absolute Gasteiger partial charge is 0.252 e. The van der Waals surface area contributed by atoms with Crippen LogP contribution in [0.2, 0.25) is 5.02 Å². The van der Waals surface area contributed by atoms with Gasteiger partial charge in [0.25, 0.3) is 0 Å². The zero-order valence-corrected chi connectivity index (χ0v) is 29.5. The molecule has 0 aliphatic heterocycles. The van der Waals surface area contributed by atoms with Crippen LogP contribution < -0.4 is 0 Å². The van der Waals surface area contributed by atoms with E-state index < -0.39 is 21.2 Å². The normalized spacial score (nSPS) is 12.0. The van der Waals surface area contributed by atoms with Crippen LogP contribution in [0.25, 0.3) is 43.9 Å². The average molecular weight is 727 g/mol. The standard InChI is InChI=1S/C41H28ClFN4O2S2/c1-51(48,49)38-22-21-37(50-38)40-33-23-27(17-20-36(33)44-26-45-40)34-25-47(46-39(34)32-19-18-31(42)24-35(32)43)41(28-11-5-2-6-12-28,29-13-7-3-8-14-29)30-15-9-4-10-16-30/h2-26H,1H3. The van der Waals surface area contributed by atoms with E-state index in [1.807, 2.05) is 83.7 Å². The highest BCUT2D eigenvalue weighted by Gasteiger charge is 2.40. The summed E-state index contributed by atoms with van der Waals surface area (Å²) in [6.07, 6.45) is 4.62. The summed E-state index contributed by atoms with van der Waals surface area (Å²) in [7, 11) is -3.40. The number of benzene rings is 5. The Hall–Kier alpha value is -5.48. The molecule has 0 saturated carbocycles. The monoisotopic (exact) mass is 726 g/mol. The van der Waals surface area contributed by atoms with Crippen LogP contribution in [0.15, 0.2) is 156 Å². The molecule has 6 nitrogen and oxygen atoms in total. The predicted molar refractivity (Wildman–Crippen MR) is 202 cm³/mol. The number of thiophene rings is 1. The molecule has 0 amide bonds. The smallest absolute Gasteiger partial charge is 0.184 e. The second-order valence-electron chi connectivity index (χ2n) is 12.1. The third kappa shape index (κ3) is 5.83. The Morgan fingerprint density at radius 3 is 1.90 bits per heavy atom. The quantitative estimate of drug-likeness (QED) is 0.146. The van der Waals surface area contributed by atoms with Crippen LogP contribution in [0.4, 0.5) is 4.39 Å². The van der Waals surface area contributed by atoms with E-state index in [-0.39, 0.29) is 14.8 Å². The second-order valence-corrected chi connectivity index (χ2v) is 15.9. The SMILES string of the molecule is CS(=O)(=O)c1ccc(-c2ncnc3ccc(-c4cn(C(c5ccccc5)(c5ccccc5)c5ccccc5)nc4-c4ccc(Cl)cc4F)cc23)s1. The van der Waals surface area contributed by atoms with Gasteiger partial charge in [-0.3, -0.25) is 4.68 Å². The third-order valence-electron chi connectivity index (χ3n) is 8.95. The van der Waals surface area contributed by atoms with Gasteiger partial charge in [-0.25, -0.2) is 22.8 Å². The Balaban J connectivity index is 1.43. The summed E-state index contributed by atoms with van der Waals surface area (Å²) in [5.41, 5.74) is 5.35. The van der Waals surface area contributed by atoms with E-state index in [1.54, 1.807) is 24.3 Å². The van der Waals surface area contributed by atoms with E-state index in [0.717, 1.165) is 33.6 Å². The molecule has 250 valence electrons. The second kappa shape index (κ2) is 13.0. The number of hydrogen-bond donors (Lipinski definition) is 0. The molecule has 8 rings (SSSR count). The van der Waals surface area contributed by atoms with Gasteiger partial charge in [0.15, 0.2) is 9.84 Å². The van der Waals surface area contributed by atoms with Crippen LogP contribution in [-0.2, 0) is 15.4 Å². The Bertz CT molecular complexity index is 2550. The first-order chi connectivity index (χ1) is 24.7. The highest BCUT2D eigenvalue weighted by Crippen LogP contribution is 2.44. The van der Waals surface area contributed by atoms with Gasteiger partial charge in [0, 0.05) is 34.0 Å². The summed E-state index contributed by atoms with van der Waals surface area (Å²) < 4.78 is 42.8. The lowest BCUT2D eigenvalue weighted by molar-refractivity contribution is 0.461. The Morgan fingerprint density at radius 1 is 0.706 bits per heavy atom. The molecule has 5 aromatic carbocycles. The molecule has 0 unspecified atom stereocenters. The van der Waals surface area contributed by atoms with Gasteiger partial charge in [0.2, 0.25) is 0 Å². The Morgan fingerprint density at radius 2 is 1.33 bits per heavy atom. The van der Waals surface area contributed by atoms with Crippen molar-refractivity contribution in [3.05, 3.63) is 180 Å². The van der Waals surface area contributed by atoms with E-state index in [9.17, 15) is 8.42 Å². The molecule has 0 atom stereocenters. The molecular weight excluding hydrogens is 699 g/mol. The average Bonchev–Trinajstić information content (AvgIpc) is 3.82. The van der Waals surface area contributed by atoms with Crippen molar-refractivity contribution in [3.8, 4) is 33.0 Å². The van der Waals surface area contributed by atoms with Crippen molar-refractivity contribution in [3.63, 3.8) is 0 Å². The molecule has 0 bridgehead atoms. The lowest BCUT2D eigenvalue weighted by Crippen LogP contribution is -2.38. The van der Waals surface area contributed by atoms with Crippen molar-refractivity contribution in [1.29, 1.82) is 0 Å². The van der Waals surface area contributed by atoms with Crippen molar-refractivity contribution >= 4 is 43.7 Å². The maximum Gasteiger partial charge on any atom is 0.184 e. The molecule has 8 aromatic rings. The molecule has 3 aromatic heterocycles. The summed E-state index contributed by atoms with van der Waals surface area (Å²) in [5.74, 6) is -0.504. The Kier molecular flexibility index (Phi) is 8.34. The van der Waals surface area contributed by atoms with Gasteiger partial charge >= 0.3 is 0 Å². The zero-order chi connectivity index (χ0) is 35.2. The van der Waals surface area contributed by atoms with E-state index in [0.29, 0.717) is 32.7 Å². The Labute approximate surface area is 303 Å². The van der Waals surface area contributed by atoms with Gasteiger partial charge < -0.3 is 0 Å². The van der Waals surface area contributed by atoms with Gasteiger partial charge in [0.1, 0.15) is 27.6 Å². The van der Waals surface area contributed by atoms with Crippen molar-refractivity contribution in [1.82, 2.24) is 19.7 Å². The molecule has 0 radical (unpaired) electrons. The fraction of sp³-hybridized carbons (Fsp3) is 0.0488. The first-order valence-corrected chi connectivity index (χ1v) is 19.1. The lowest BCUT2D eigenvalue weighted by atomic mass is 9.77. The first-order valence-electron chi connectivity index (χ1n) is 16.0. The summed E-state index contributed by atoms with van der Waals surface area (Å²) in [4.78, 5) is 9.78. The van der Waals surface area contributed by atoms with Crippen molar-refractivity contribution in [2.24, 2.45) is 0 Å². The van der Waals surface area contributed by atoms with Crippen LogP contribution in [-0.4, -0.2) is 34.4 Å². The van der Waals surface area contributed by atoms with Crippen molar-refractivity contribution < 1.29 is 12.8 Å². The predicted octanol–water partition coefficient (Wildman–Crippen LogP) is 9.92. The lowest BCUT2D eigenvalue weighted by Gasteiger charge is -2.36. The van der Waals surface area contributed by atoms with Crippen molar-refractivity contribution in [2.75, 3.05) is 6.26 Å². The third-order valence-corrected chi connectivity index (χ3v) is 12.1. The summed E-state index contributed by atoms with van der Waals surface area (Å²) in [5, 5.41) is 6.27. The number of fused-ring (bicyclic) bond motifs is 1. The summed E-state index contributed by atoms with van der Waals surface area (Å²) in [6.45, 7) is 0. The molecular formula is C41H28ClFN4O2S2. The topological polar surface area (TPSA) is 77.7 Å². The number of aromatic nitrogens is 4. The minimum atomic E-state index is -3.40. The minimum Gasteiger partial charge on any atom is -0.252 e. The van der Waals surface area contributed by atoms with E-state index in [4.69, 9.17) is 16.7 Å². The molecule has 0 N–H and O–H groups in total. The van der Waals surface area contributed by atoms with Gasteiger partial charge in [-0.05, 0) is 64.7 Å². The maximum absolute atomic E-state index is 15.9. The molecule has 3 heterocycles. The van der Waals surface area contributed by atoms with E-state index in [2.05, 4.69) is 46.4 Å². The van der Waals surface area contributed by atoms with E-state index in [1.165, 1.54) is 18.6 Å². The molecule has 51 heavy (non-hydrogen) atoms. The van der Waals surface area contributed by atoms with Crippen molar-refractivity contribution in [2.45, 2.75) is 9.75 Å². The van der Waals surface area contributed by atoms with Gasteiger partial charge in [-0.1, -0.05) is 109 Å². The molecule has 0 saturated heterocycles. The number of sulfone groups is 1. The van der Waals surface area contributed by atoms with Crippen LogP contribution in [0, 0.1) is 5.82 Å². The zero-order valence-electron chi connectivity index (χ0n) is 27.1. The first kappa shape index (κ1) is 32.7. The molecule has 0 aliphatic rings. The fourth-order valence-corrected chi connectivity index (χ4v) is 8.74. The van der Waals surface area contributed by atoms with Gasteiger partial charge in [-0.15, -0.1) is 11.3 Å². The van der Waals surface area contributed by atoms with Crippen LogP contribution >= 0.6 is 22.9 Å². The highest BCUT2D eigenvalue weighted by atomic mass is 35.5. The van der Waals surface area contributed by atoms with Crippen LogP contribution in [0.5, 0.6) is 0 Å². The number of nitrogens with zero attached hydrogens (tertiary/aromatic N) is 4. The summed E-state index contributed by atoms with van der Waals surface area (Å²) in [6, 6.07) is 44.2. The fourth-order valence-electron chi connectivity index (χ4n) is 6.64. The molecule has 10 heteroatoms. The number of halogens is 2. The molecule has 0 spiro atoms. The van der Waals surface area contributed by atoms with E-state index >= 15 is 4.39 Å². The minimum absolute atomic E-state index is 0.251. The summed E-state index contributed by atoms with van der Waals surface area (Å²) >= 11 is 7.39. The molecule has 0 aliphatic carbocycles. The van der Waals surface area contributed by atoms with Gasteiger partial charge in [0.05, 0.1) is 16.1 Å². The number of hydrogen-bond acceptors (Lipinski definition) is 6. The maximum atomic E-state index is 15.9. The van der Waals surface area contributed by atoms with Crippen LogP contribution in [0.3, 0.4) is 0 Å². The highest BCUT2D eigenvalue weighted by molar-refractivity contribution is 7.92. The van der Waals surface area contributed by atoms with Gasteiger partial charge in [-0.2, -0.15) is 5.10 Å².